The molecule has 0 unspecified atom stereocenters. The molecule has 5 rings (SSSR count). The number of aromatic nitrogens is 1. The highest BCUT2D eigenvalue weighted by molar-refractivity contribution is 7.89. The van der Waals surface area contributed by atoms with E-state index >= 15 is 0 Å². The first-order valence-corrected chi connectivity index (χ1v) is 13.6. The van der Waals surface area contributed by atoms with Crippen molar-refractivity contribution in [2.24, 2.45) is 13.0 Å². The minimum atomic E-state index is -3.72. The zero-order valence-corrected chi connectivity index (χ0v) is 20.5. The number of fused-ring (bicyclic) bond motifs is 1. The average molecular weight is 485 g/mol. The van der Waals surface area contributed by atoms with E-state index < -0.39 is 10.0 Å². The van der Waals surface area contributed by atoms with Crippen LogP contribution in [0.25, 0.3) is 0 Å². The molecule has 182 valence electrons. The van der Waals surface area contributed by atoms with Crippen LogP contribution in [0.5, 0.6) is 0 Å². The Morgan fingerprint density at radius 1 is 0.912 bits per heavy atom. The second-order valence-corrected chi connectivity index (χ2v) is 11.6. The molecule has 3 aliphatic rings. The summed E-state index contributed by atoms with van der Waals surface area (Å²) in [5, 5.41) is 0. The van der Waals surface area contributed by atoms with E-state index in [1.807, 2.05) is 17.0 Å². The number of benzene rings is 1. The first-order chi connectivity index (χ1) is 16.3. The maximum Gasteiger partial charge on any atom is 0.270 e. The molecular weight excluding hydrogens is 452 g/mol. The highest BCUT2D eigenvalue weighted by atomic mass is 32.2. The molecule has 0 spiro atoms. The third kappa shape index (κ3) is 4.27. The van der Waals surface area contributed by atoms with Crippen LogP contribution in [0.15, 0.2) is 41.4 Å². The fourth-order valence-electron chi connectivity index (χ4n) is 5.40. The third-order valence-electron chi connectivity index (χ3n) is 7.48. The Morgan fingerprint density at radius 2 is 1.59 bits per heavy atom. The van der Waals surface area contributed by atoms with E-state index in [4.69, 9.17) is 0 Å². The van der Waals surface area contributed by atoms with Crippen LogP contribution in [0, 0.1) is 5.92 Å². The van der Waals surface area contributed by atoms with Crippen LogP contribution in [0.2, 0.25) is 0 Å². The molecule has 2 saturated heterocycles. The summed E-state index contributed by atoms with van der Waals surface area (Å²) >= 11 is 0. The van der Waals surface area contributed by atoms with Gasteiger partial charge in [0, 0.05) is 58.4 Å². The summed E-state index contributed by atoms with van der Waals surface area (Å²) in [4.78, 5) is 29.8. The molecule has 4 heterocycles. The molecule has 0 radical (unpaired) electrons. The molecule has 0 N–H and O–H groups in total. The molecule has 1 aromatic heterocycles. The zero-order valence-electron chi connectivity index (χ0n) is 19.6. The van der Waals surface area contributed by atoms with Gasteiger partial charge in [-0.2, -0.15) is 4.31 Å². The van der Waals surface area contributed by atoms with E-state index in [9.17, 15) is 18.0 Å². The van der Waals surface area contributed by atoms with Crippen molar-refractivity contribution in [1.29, 1.82) is 0 Å². The van der Waals surface area contributed by atoms with Crippen LogP contribution >= 0.6 is 0 Å². The Hall–Kier alpha value is -2.65. The lowest BCUT2D eigenvalue weighted by molar-refractivity contribution is -0.137. The van der Waals surface area contributed by atoms with Gasteiger partial charge in [-0.1, -0.05) is 24.3 Å². The fraction of sp³-hybridized carbons (Fsp3) is 0.520. The van der Waals surface area contributed by atoms with Gasteiger partial charge in [-0.05, 0) is 49.3 Å². The Bertz CT molecular complexity index is 1190. The predicted octanol–water partition coefficient (Wildman–Crippen LogP) is 2.25. The van der Waals surface area contributed by atoms with Gasteiger partial charge in [-0.15, -0.1) is 0 Å². The number of hydrogen-bond donors (Lipinski definition) is 0. The van der Waals surface area contributed by atoms with E-state index in [0.717, 1.165) is 32.4 Å². The average Bonchev–Trinajstić information content (AvgIpc) is 3.53. The van der Waals surface area contributed by atoms with Crippen LogP contribution < -0.4 is 0 Å². The number of hydrogen-bond acceptors (Lipinski definition) is 4. The lowest BCUT2D eigenvalue weighted by atomic mass is 9.94. The Morgan fingerprint density at radius 3 is 2.29 bits per heavy atom. The highest BCUT2D eigenvalue weighted by Crippen LogP contribution is 2.28. The Labute approximate surface area is 201 Å². The molecule has 1 aromatic carbocycles. The molecule has 0 saturated carbocycles. The first kappa shape index (κ1) is 23.1. The topological polar surface area (TPSA) is 82.9 Å². The number of carbonyl (C=O) groups is 2. The number of aryl methyl sites for hydroxylation is 1. The summed E-state index contributed by atoms with van der Waals surface area (Å²) in [6, 6.07) is 9.73. The van der Waals surface area contributed by atoms with E-state index in [2.05, 4.69) is 12.1 Å². The summed E-state index contributed by atoms with van der Waals surface area (Å²) in [5.74, 6) is -0.140. The molecule has 9 heteroatoms. The maximum absolute atomic E-state index is 13.3. The standard InChI is InChI=1S/C25H32N4O4S/c1-26-18-22(16-23(26)25(31)27-11-4-5-12-27)34(32,33)29-14-9-20(10-15-29)24(30)28-13-8-19-6-2-3-7-21(19)17-28/h2-3,6-7,16,18,20H,4-5,8-15,17H2,1H3. The molecule has 2 amide bonds. The van der Waals surface area contributed by atoms with Crippen molar-refractivity contribution in [3.05, 3.63) is 53.3 Å². The second kappa shape index (κ2) is 9.19. The molecule has 0 bridgehead atoms. The van der Waals surface area contributed by atoms with Gasteiger partial charge < -0.3 is 14.4 Å². The molecule has 34 heavy (non-hydrogen) atoms. The number of nitrogens with zero attached hydrogens (tertiary/aromatic N) is 4. The number of piperidine rings is 1. The number of sulfonamides is 1. The lowest BCUT2D eigenvalue weighted by Crippen LogP contribution is -2.45. The largest absolute Gasteiger partial charge is 0.345 e. The van der Waals surface area contributed by atoms with Crippen LogP contribution in [-0.4, -0.2) is 71.6 Å². The van der Waals surface area contributed by atoms with Crippen LogP contribution in [0.1, 0.15) is 47.3 Å². The van der Waals surface area contributed by atoms with Crippen molar-refractivity contribution in [3.63, 3.8) is 0 Å². The van der Waals surface area contributed by atoms with Gasteiger partial charge >= 0.3 is 0 Å². The third-order valence-corrected chi connectivity index (χ3v) is 9.34. The van der Waals surface area contributed by atoms with E-state index in [-0.39, 0.29) is 22.6 Å². The summed E-state index contributed by atoms with van der Waals surface area (Å²) in [5.41, 5.74) is 2.90. The number of likely N-dealkylation sites (tertiary alicyclic amines) is 1. The van der Waals surface area contributed by atoms with Gasteiger partial charge in [0.05, 0.1) is 0 Å². The van der Waals surface area contributed by atoms with Gasteiger partial charge in [0.15, 0.2) is 0 Å². The Balaban J connectivity index is 1.23. The number of rotatable bonds is 4. The molecule has 0 atom stereocenters. The van der Waals surface area contributed by atoms with Gasteiger partial charge in [0.25, 0.3) is 5.91 Å². The van der Waals surface area contributed by atoms with Crippen molar-refractivity contribution in [2.75, 3.05) is 32.7 Å². The normalized spacial score (nSPS) is 19.9. The van der Waals surface area contributed by atoms with Crippen molar-refractivity contribution >= 4 is 21.8 Å². The number of amides is 2. The summed E-state index contributed by atoms with van der Waals surface area (Å²) in [6.07, 6.45) is 5.39. The summed E-state index contributed by atoms with van der Waals surface area (Å²) in [7, 11) is -2.01. The zero-order chi connectivity index (χ0) is 23.9. The van der Waals surface area contributed by atoms with Crippen molar-refractivity contribution in [3.8, 4) is 0 Å². The summed E-state index contributed by atoms with van der Waals surface area (Å²) in [6.45, 7) is 3.41. The molecule has 2 fully saturated rings. The van der Waals surface area contributed by atoms with E-state index in [1.54, 1.807) is 16.5 Å². The SMILES string of the molecule is Cn1cc(S(=O)(=O)N2CCC(C(=O)N3CCc4ccccc4C3)CC2)cc1C(=O)N1CCCC1. The molecule has 0 aliphatic carbocycles. The van der Waals surface area contributed by atoms with Crippen molar-refractivity contribution < 1.29 is 18.0 Å². The van der Waals surface area contributed by atoms with Gasteiger partial charge in [0.2, 0.25) is 15.9 Å². The predicted molar refractivity (Wildman–Crippen MR) is 128 cm³/mol. The lowest BCUT2D eigenvalue weighted by Gasteiger charge is -2.35. The van der Waals surface area contributed by atoms with Gasteiger partial charge in [-0.25, -0.2) is 8.42 Å². The highest BCUT2D eigenvalue weighted by Gasteiger charge is 2.35. The Kier molecular flexibility index (Phi) is 6.24. The molecule has 2 aromatic rings. The van der Waals surface area contributed by atoms with Crippen LogP contribution in [-0.2, 0) is 34.8 Å². The summed E-state index contributed by atoms with van der Waals surface area (Å²) < 4.78 is 29.7. The maximum atomic E-state index is 13.3. The minimum absolute atomic E-state index is 0.117. The van der Waals surface area contributed by atoms with Gasteiger partial charge in [0.1, 0.15) is 10.6 Å². The fourth-order valence-corrected chi connectivity index (χ4v) is 6.95. The number of carbonyl (C=O) groups excluding carboxylic acids is 2. The van der Waals surface area contributed by atoms with Crippen molar-refractivity contribution in [2.45, 2.75) is 43.5 Å². The second-order valence-electron chi connectivity index (χ2n) is 9.63. The van der Waals surface area contributed by atoms with Crippen molar-refractivity contribution in [1.82, 2.24) is 18.7 Å². The minimum Gasteiger partial charge on any atom is -0.345 e. The molecule has 3 aliphatic heterocycles. The van der Waals surface area contributed by atoms with Gasteiger partial charge in [-0.3, -0.25) is 9.59 Å². The van der Waals surface area contributed by atoms with Crippen LogP contribution in [0.4, 0.5) is 0 Å². The molecule has 8 nitrogen and oxygen atoms in total. The monoisotopic (exact) mass is 484 g/mol. The van der Waals surface area contributed by atoms with Crippen LogP contribution in [0.3, 0.4) is 0 Å². The van der Waals surface area contributed by atoms with E-state index in [1.165, 1.54) is 27.7 Å². The van der Waals surface area contributed by atoms with E-state index in [0.29, 0.717) is 44.7 Å². The smallest absolute Gasteiger partial charge is 0.270 e. The first-order valence-electron chi connectivity index (χ1n) is 12.2. The quantitative estimate of drug-likeness (QED) is 0.667. The molecular formula is C25H32N4O4S.